The first-order chi connectivity index (χ1) is 10.2. The van der Waals surface area contributed by atoms with Crippen LogP contribution in [0.15, 0.2) is 6.20 Å². The van der Waals surface area contributed by atoms with Gasteiger partial charge >= 0.3 is 0 Å². The highest BCUT2D eigenvalue weighted by atomic mass is 35.5. The van der Waals surface area contributed by atoms with E-state index in [-0.39, 0.29) is 11.2 Å². The second-order valence-electron chi connectivity index (χ2n) is 4.63. The van der Waals surface area contributed by atoms with Crippen molar-refractivity contribution >= 4 is 34.4 Å². The Morgan fingerprint density at radius 2 is 2.48 bits per heavy atom. The van der Waals surface area contributed by atoms with Gasteiger partial charge in [0.25, 0.3) is 0 Å². The molecule has 112 valence electrons. The third-order valence-electron chi connectivity index (χ3n) is 3.32. The smallest absolute Gasteiger partial charge is 0.245 e. The van der Waals surface area contributed by atoms with E-state index in [0.29, 0.717) is 37.8 Å². The van der Waals surface area contributed by atoms with Gasteiger partial charge in [-0.05, 0) is 18.5 Å². The number of ether oxygens (including phenoxy) is 1. The molecule has 1 fully saturated rings. The minimum atomic E-state index is -0.442. The van der Waals surface area contributed by atoms with Gasteiger partial charge < -0.3 is 15.0 Å². The predicted molar refractivity (Wildman–Crippen MR) is 77.3 cm³/mol. The average Bonchev–Trinajstić information content (AvgIpc) is 2.94. The van der Waals surface area contributed by atoms with Gasteiger partial charge in [0.1, 0.15) is 11.9 Å². The molecule has 0 spiro atoms. The van der Waals surface area contributed by atoms with E-state index in [1.165, 1.54) is 0 Å². The number of hydrogen-bond acceptors (Lipinski definition) is 6. The summed E-state index contributed by atoms with van der Waals surface area (Å²) in [6.07, 6.45) is 1.63. The van der Waals surface area contributed by atoms with E-state index in [4.69, 9.17) is 16.3 Å². The molecule has 21 heavy (non-hydrogen) atoms. The summed E-state index contributed by atoms with van der Waals surface area (Å²) in [6, 6.07) is -0.442. The largest absolute Gasteiger partial charge is 0.377 e. The van der Waals surface area contributed by atoms with Crippen molar-refractivity contribution in [3.05, 3.63) is 11.5 Å². The first-order valence-corrected chi connectivity index (χ1v) is 7.07. The quantitative estimate of drug-likeness (QED) is 0.794. The lowest BCUT2D eigenvalue weighted by Gasteiger charge is -2.35. The molecule has 3 rings (SSSR count). The van der Waals surface area contributed by atoms with Gasteiger partial charge in [-0.25, -0.2) is 0 Å². The van der Waals surface area contributed by atoms with Gasteiger partial charge in [0.2, 0.25) is 11.2 Å². The molecule has 0 radical (unpaired) electrons. The SMILES string of the molecule is CCNC(=O)C1COCCN1c1nc(Cl)nc2[nH]ncc12. The molecule has 0 saturated carbocycles. The van der Waals surface area contributed by atoms with Crippen LogP contribution in [0.5, 0.6) is 0 Å². The van der Waals surface area contributed by atoms with Crippen molar-refractivity contribution in [2.24, 2.45) is 0 Å². The molecule has 1 unspecified atom stereocenters. The molecule has 2 N–H and O–H groups in total. The van der Waals surface area contributed by atoms with Crippen molar-refractivity contribution in [3.63, 3.8) is 0 Å². The summed E-state index contributed by atoms with van der Waals surface area (Å²) < 4.78 is 5.42. The van der Waals surface area contributed by atoms with Crippen LogP contribution >= 0.6 is 11.6 Å². The van der Waals surface area contributed by atoms with Crippen LogP contribution in [0.2, 0.25) is 5.28 Å². The van der Waals surface area contributed by atoms with Crippen LogP contribution in [0, 0.1) is 0 Å². The Kier molecular flexibility index (Phi) is 3.89. The van der Waals surface area contributed by atoms with E-state index >= 15 is 0 Å². The Hall–Kier alpha value is -1.93. The van der Waals surface area contributed by atoms with Crippen molar-refractivity contribution in [1.82, 2.24) is 25.5 Å². The molecular weight excluding hydrogens is 296 g/mol. The van der Waals surface area contributed by atoms with Crippen LogP contribution in [0.3, 0.4) is 0 Å². The maximum absolute atomic E-state index is 12.2. The Labute approximate surface area is 125 Å². The first kappa shape index (κ1) is 14.0. The lowest BCUT2D eigenvalue weighted by molar-refractivity contribution is -0.124. The van der Waals surface area contributed by atoms with Crippen LogP contribution in [0.4, 0.5) is 5.82 Å². The molecule has 3 heterocycles. The highest BCUT2D eigenvalue weighted by Gasteiger charge is 2.31. The molecule has 0 bridgehead atoms. The number of nitrogens with one attached hydrogen (secondary N) is 2. The maximum atomic E-state index is 12.2. The van der Waals surface area contributed by atoms with E-state index in [0.717, 1.165) is 5.39 Å². The zero-order valence-corrected chi connectivity index (χ0v) is 12.2. The van der Waals surface area contributed by atoms with Gasteiger partial charge in [-0.2, -0.15) is 15.1 Å². The molecule has 1 atom stereocenters. The standard InChI is InChI=1S/C12H15ClN6O2/c1-2-14-11(20)8-6-21-4-3-19(8)10-7-5-15-18-9(7)16-12(13)17-10/h5,8H,2-4,6H2,1H3,(H,14,20)(H,15,16,17,18). The topological polar surface area (TPSA) is 96.0 Å². The Balaban J connectivity index is 2.02. The zero-order valence-electron chi connectivity index (χ0n) is 11.5. The number of nitrogens with zero attached hydrogens (tertiary/aromatic N) is 4. The van der Waals surface area contributed by atoms with E-state index in [9.17, 15) is 4.79 Å². The number of halogens is 1. The van der Waals surface area contributed by atoms with Crippen molar-refractivity contribution in [3.8, 4) is 0 Å². The monoisotopic (exact) mass is 310 g/mol. The lowest BCUT2D eigenvalue weighted by Crippen LogP contribution is -2.54. The molecule has 0 aliphatic carbocycles. The first-order valence-electron chi connectivity index (χ1n) is 6.69. The molecule has 0 aromatic carbocycles. The van der Waals surface area contributed by atoms with Gasteiger partial charge in [0.05, 0.1) is 24.8 Å². The number of morpholine rings is 1. The maximum Gasteiger partial charge on any atom is 0.245 e. The van der Waals surface area contributed by atoms with Gasteiger partial charge in [-0.1, -0.05) is 0 Å². The van der Waals surface area contributed by atoms with Crippen LogP contribution in [0.1, 0.15) is 6.92 Å². The Bertz CT molecular complexity index is 660. The van der Waals surface area contributed by atoms with Crippen molar-refractivity contribution in [2.45, 2.75) is 13.0 Å². The highest BCUT2D eigenvalue weighted by Crippen LogP contribution is 2.26. The van der Waals surface area contributed by atoms with Crippen molar-refractivity contribution < 1.29 is 9.53 Å². The molecule has 1 saturated heterocycles. The second-order valence-corrected chi connectivity index (χ2v) is 4.97. The van der Waals surface area contributed by atoms with E-state index in [1.54, 1.807) is 6.20 Å². The molecule has 1 aliphatic heterocycles. The van der Waals surface area contributed by atoms with Gasteiger partial charge in [-0.15, -0.1) is 0 Å². The summed E-state index contributed by atoms with van der Waals surface area (Å²) in [4.78, 5) is 22.4. The number of rotatable bonds is 3. The van der Waals surface area contributed by atoms with Gasteiger partial charge in [0, 0.05) is 13.1 Å². The number of aromatic amines is 1. The second kappa shape index (κ2) is 5.82. The molecule has 2 aromatic rings. The predicted octanol–water partition coefficient (Wildman–Crippen LogP) is 0.348. The van der Waals surface area contributed by atoms with E-state index < -0.39 is 6.04 Å². The fourth-order valence-corrected chi connectivity index (χ4v) is 2.54. The third kappa shape index (κ3) is 2.64. The van der Waals surface area contributed by atoms with Crippen LogP contribution in [-0.4, -0.2) is 58.4 Å². The number of amides is 1. The number of aromatic nitrogens is 4. The van der Waals surface area contributed by atoms with Crippen molar-refractivity contribution in [2.75, 3.05) is 31.2 Å². The number of anilines is 1. The van der Waals surface area contributed by atoms with Crippen LogP contribution in [-0.2, 0) is 9.53 Å². The molecule has 8 nitrogen and oxygen atoms in total. The zero-order chi connectivity index (χ0) is 14.8. The Morgan fingerprint density at radius 3 is 3.29 bits per heavy atom. The minimum absolute atomic E-state index is 0.0939. The Morgan fingerprint density at radius 1 is 1.62 bits per heavy atom. The van der Waals surface area contributed by atoms with Crippen LogP contribution in [0.25, 0.3) is 11.0 Å². The van der Waals surface area contributed by atoms with Gasteiger partial charge in [-0.3, -0.25) is 9.89 Å². The normalized spacial score (nSPS) is 19.0. The third-order valence-corrected chi connectivity index (χ3v) is 3.49. The number of carbonyl (C=O) groups excluding carboxylic acids is 1. The lowest BCUT2D eigenvalue weighted by atomic mass is 10.2. The fourth-order valence-electron chi connectivity index (χ4n) is 2.38. The summed E-state index contributed by atoms with van der Waals surface area (Å²) in [6.45, 7) is 3.83. The molecule has 1 aliphatic rings. The van der Waals surface area contributed by atoms with Crippen molar-refractivity contribution in [1.29, 1.82) is 0 Å². The number of likely N-dealkylation sites (N-methyl/N-ethyl adjacent to an activating group) is 1. The van der Waals surface area contributed by atoms with Crippen LogP contribution < -0.4 is 10.2 Å². The van der Waals surface area contributed by atoms with Gasteiger partial charge in [0.15, 0.2) is 5.65 Å². The number of fused-ring (bicyclic) bond motifs is 1. The highest BCUT2D eigenvalue weighted by molar-refractivity contribution is 6.28. The summed E-state index contributed by atoms with van der Waals surface area (Å²) >= 11 is 5.96. The number of hydrogen-bond donors (Lipinski definition) is 2. The molecule has 9 heteroatoms. The number of H-pyrrole nitrogens is 1. The fraction of sp³-hybridized carbons (Fsp3) is 0.500. The summed E-state index contributed by atoms with van der Waals surface area (Å²) in [5.41, 5.74) is 0.547. The number of carbonyl (C=O) groups is 1. The minimum Gasteiger partial charge on any atom is -0.377 e. The summed E-state index contributed by atoms with van der Waals surface area (Å²) in [5, 5.41) is 10.4. The molecular formula is C12H15ClN6O2. The van der Waals surface area contributed by atoms with E-state index in [2.05, 4.69) is 25.5 Å². The summed E-state index contributed by atoms with van der Waals surface area (Å²) in [5.74, 6) is 0.502. The van der Waals surface area contributed by atoms with E-state index in [1.807, 2.05) is 11.8 Å². The molecule has 2 aromatic heterocycles. The average molecular weight is 311 g/mol. The summed E-state index contributed by atoms with van der Waals surface area (Å²) in [7, 11) is 0. The molecule has 1 amide bonds.